The first kappa shape index (κ1) is 12.8. The number of benzene rings is 1. The molecule has 0 bridgehead atoms. The highest BCUT2D eigenvalue weighted by molar-refractivity contribution is 5.98. The SMILES string of the molecule is Cc1ccccc1C(=O)NNC(=O)c1ccccn1. The van der Waals surface area contributed by atoms with E-state index in [9.17, 15) is 9.59 Å². The van der Waals surface area contributed by atoms with E-state index >= 15 is 0 Å². The second kappa shape index (κ2) is 5.77. The lowest BCUT2D eigenvalue weighted by Crippen LogP contribution is -2.42. The summed E-state index contributed by atoms with van der Waals surface area (Å²) in [6.45, 7) is 1.83. The van der Waals surface area contributed by atoms with Crippen LogP contribution in [0.3, 0.4) is 0 Å². The van der Waals surface area contributed by atoms with Crippen LogP contribution in [0.1, 0.15) is 26.4 Å². The molecule has 2 aromatic rings. The molecule has 1 heterocycles. The molecule has 2 rings (SSSR count). The molecule has 0 spiro atoms. The number of hydrogen-bond donors (Lipinski definition) is 2. The summed E-state index contributed by atoms with van der Waals surface area (Å²) in [6, 6.07) is 12.1. The van der Waals surface area contributed by atoms with Crippen molar-refractivity contribution in [3.8, 4) is 0 Å². The number of amides is 2. The average molecular weight is 255 g/mol. The van der Waals surface area contributed by atoms with Crippen LogP contribution in [-0.2, 0) is 0 Å². The molecule has 1 aromatic carbocycles. The van der Waals surface area contributed by atoms with E-state index < -0.39 is 5.91 Å². The van der Waals surface area contributed by atoms with Crippen LogP contribution in [0.5, 0.6) is 0 Å². The van der Waals surface area contributed by atoms with E-state index in [1.807, 2.05) is 19.1 Å². The highest BCUT2D eigenvalue weighted by Gasteiger charge is 2.10. The van der Waals surface area contributed by atoms with Crippen molar-refractivity contribution in [2.75, 3.05) is 0 Å². The number of pyridine rings is 1. The van der Waals surface area contributed by atoms with E-state index in [1.165, 1.54) is 6.20 Å². The van der Waals surface area contributed by atoms with Crippen LogP contribution in [0.15, 0.2) is 48.7 Å². The quantitative estimate of drug-likeness (QED) is 0.798. The summed E-state index contributed by atoms with van der Waals surface area (Å²) in [5, 5.41) is 0. The van der Waals surface area contributed by atoms with Crippen molar-refractivity contribution in [1.29, 1.82) is 0 Å². The Kier molecular flexibility index (Phi) is 3.87. The Labute approximate surface area is 110 Å². The van der Waals surface area contributed by atoms with Gasteiger partial charge in [-0.25, -0.2) is 0 Å². The lowest BCUT2D eigenvalue weighted by molar-refractivity contribution is 0.0843. The molecular weight excluding hydrogens is 242 g/mol. The molecule has 0 atom stereocenters. The van der Waals surface area contributed by atoms with Gasteiger partial charge in [-0.05, 0) is 30.7 Å². The first-order valence-corrected chi connectivity index (χ1v) is 5.76. The molecule has 0 aliphatic carbocycles. The van der Waals surface area contributed by atoms with Crippen LogP contribution in [-0.4, -0.2) is 16.8 Å². The number of carbonyl (C=O) groups excluding carboxylic acids is 2. The summed E-state index contributed by atoms with van der Waals surface area (Å²) in [7, 11) is 0. The standard InChI is InChI=1S/C14H13N3O2/c1-10-6-2-3-7-11(10)13(18)16-17-14(19)12-8-4-5-9-15-12/h2-9H,1H3,(H,16,18)(H,17,19). The zero-order chi connectivity index (χ0) is 13.7. The Bertz CT molecular complexity index is 597. The summed E-state index contributed by atoms with van der Waals surface area (Å²) in [6.07, 6.45) is 1.51. The van der Waals surface area contributed by atoms with Crippen LogP contribution < -0.4 is 10.9 Å². The summed E-state index contributed by atoms with van der Waals surface area (Å²) >= 11 is 0. The van der Waals surface area contributed by atoms with Gasteiger partial charge in [-0.2, -0.15) is 0 Å². The van der Waals surface area contributed by atoms with Crippen LogP contribution in [0.4, 0.5) is 0 Å². The fraction of sp³-hybridized carbons (Fsp3) is 0.0714. The maximum atomic E-state index is 11.9. The van der Waals surface area contributed by atoms with Crippen molar-refractivity contribution in [2.24, 2.45) is 0 Å². The number of rotatable bonds is 2. The summed E-state index contributed by atoms with van der Waals surface area (Å²) in [5.74, 6) is -0.815. The smallest absolute Gasteiger partial charge is 0.267 e. The van der Waals surface area contributed by atoms with E-state index in [4.69, 9.17) is 0 Å². The largest absolute Gasteiger partial charge is 0.288 e. The van der Waals surface area contributed by atoms with Gasteiger partial charge in [0.2, 0.25) is 0 Å². The number of nitrogens with one attached hydrogen (secondary N) is 2. The number of aromatic nitrogens is 1. The lowest BCUT2D eigenvalue weighted by Gasteiger charge is -2.08. The van der Waals surface area contributed by atoms with E-state index in [0.717, 1.165) is 5.56 Å². The van der Waals surface area contributed by atoms with Gasteiger partial charge in [-0.3, -0.25) is 25.4 Å². The molecule has 1 aromatic heterocycles. The molecule has 19 heavy (non-hydrogen) atoms. The summed E-state index contributed by atoms with van der Waals surface area (Å²) < 4.78 is 0. The lowest BCUT2D eigenvalue weighted by atomic mass is 10.1. The van der Waals surface area contributed by atoms with Crippen molar-refractivity contribution in [2.45, 2.75) is 6.92 Å². The number of carbonyl (C=O) groups is 2. The van der Waals surface area contributed by atoms with Gasteiger partial charge >= 0.3 is 0 Å². The Balaban J connectivity index is 1.98. The van der Waals surface area contributed by atoms with Crippen LogP contribution >= 0.6 is 0 Å². The van der Waals surface area contributed by atoms with Crippen LogP contribution in [0.25, 0.3) is 0 Å². The van der Waals surface area contributed by atoms with E-state index in [-0.39, 0.29) is 11.6 Å². The molecule has 0 aliphatic heterocycles. The van der Waals surface area contributed by atoms with Gasteiger partial charge in [-0.15, -0.1) is 0 Å². The van der Waals surface area contributed by atoms with Crippen molar-refractivity contribution in [3.63, 3.8) is 0 Å². The normalized spacial score (nSPS) is 9.74. The van der Waals surface area contributed by atoms with E-state index in [0.29, 0.717) is 5.56 Å². The van der Waals surface area contributed by atoms with E-state index in [1.54, 1.807) is 30.3 Å². The van der Waals surface area contributed by atoms with Crippen molar-refractivity contribution < 1.29 is 9.59 Å². The molecule has 5 heteroatoms. The van der Waals surface area contributed by atoms with Crippen molar-refractivity contribution in [3.05, 3.63) is 65.5 Å². The Morgan fingerprint density at radius 3 is 2.32 bits per heavy atom. The van der Waals surface area contributed by atoms with Gasteiger partial charge in [0.15, 0.2) is 0 Å². The van der Waals surface area contributed by atoms with Crippen LogP contribution in [0.2, 0.25) is 0 Å². The van der Waals surface area contributed by atoms with Crippen molar-refractivity contribution >= 4 is 11.8 Å². The molecule has 0 saturated carbocycles. The predicted octanol–water partition coefficient (Wildman–Crippen LogP) is 1.46. The van der Waals surface area contributed by atoms with Crippen LogP contribution in [0, 0.1) is 6.92 Å². The highest BCUT2D eigenvalue weighted by atomic mass is 16.2. The number of hydrogen-bond acceptors (Lipinski definition) is 3. The molecule has 0 radical (unpaired) electrons. The fourth-order valence-electron chi connectivity index (χ4n) is 1.57. The van der Waals surface area contributed by atoms with Gasteiger partial charge < -0.3 is 0 Å². The maximum Gasteiger partial charge on any atom is 0.288 e. The molecule has 5 nitrogen and oxygen atoms in total. The third-order valence-electron chi connectivity index (χ3n) is 2.58. The summed E-state index contributed by atoms with van der Waals surface area (Å²) in [5.41, 5.74) is 6.28. The Hall–Kier alpha value is -2.69. The minimum absolute atomic E-state index is 0.243. The zero-order valence-corrected chi connectivity index (χ0v) is 10.4. The number of nitrogens with zero attached hydrogens (tertiary/aromatic N) is 1. The van der Waals surface area contributed by atoms with Crippen molar-refractivity contribution in [1.82, 2.24) is 15.8 Å². The number of aryl methyl sites for hydroxylation is 1. The molecular formula is C14H13N3O2. The Morgan fingerprint density at radius 1 is 0.947 bits per heavy atom. The third-order valence-corrected chi connectivity index (χ3v) is 2.58. The first-order valence-electron chi connectivity index (χ1n) is 5.76. The first-order chi connectivity index (χ1) is 9.18. The third kappa shape index (κ3) is 3.16. The van der Waals surface area contributed by atoms with Gasteiger partial charge in [0, 0.05) is 11.8 Å². The molecule has 0 saturated heterocycles. The summed E-state index contributed by atoms with van der Waals surface area (Å²) in [4.78, 5) is 27.4. The molecule has 96 valence electrons. The zero-order valence-electron chi connectivity index (χ0n) is 10.4. The molecule has 0 fully saturated rings. The molecule has 2 amide bonds. The predicted molar refractivity (Wildman–Crippen MR) is 70.3 cm³/mol. The molecule has 0 unspecified atom stereocenters. The topological polar surface area (TPSA) is 71.1 Å². The monoisotopic (exact) mass is 255 g/mol. The second-order valence-corrected chi connectivity index (χ2v) is 3.94. The Morgan fingerprint density at radius 2 is 1.63 bits per heavy atom. The number of hydrazine groups is 1. The van der Waals surface area contributed by atoms with Gasteiger partial charge in [0.25, 0.3) is 11.8 Å². The van der Waals surface area contributed by atoms with E-state index in [2.05, 4.69) is 15.8 Å². The maximum absolute atomic E-state index is 11.9. The van der Waals surface area contributed by atoms with Gasteiger partial charge in [-0.1, -0.05) is 24.3 Å². The molecule has 2 N–H and O–H groups in total. The highest BCUT2D eigenvalue weighted by Crippen LogP contribution is 2.05. The van der Waals surface area contributed by atoms with Gasteiger partial charge in [0.05, 0.1) is 0 Å². The minimum atomic E-state index is -0.456. The second-order valence-electron chi connectivity index (χ2n) is 3.94. The van der Waals surface area contributed by atoms with Gasteiger partial charge in [0.1, 0.15) is 5.69 Å². The fourth-order valence-corrected chi connectivity index (χ4v) is 1.57. The average Bonchev–Trinajstić information content (AvgIpc) is 2.46. The molecule has 0 aliphatic rings. The minimum Gasteiger partial charge on any atom is -0.267 e.